The summed E-state index contributed by atoms with van der Waals surface area (Å²) in [5, 5.41) is 0. The molecule has 0 aliphatic rings. The summed E-state index contributed by atoms with van der Waals surface area (Å²) >= 11 is 2.24. The third kappa shape index (κ3) is 5.84. The van der Waals surface area contributed by atoms with Crippen LogP contribution in [0.2, 0.25) is 0 Å². The molecule has 0 amide bonds. The highest BCUT2D eigenvalue weighted by Gasteiger charge is 2.36. The number of esters is 1. The van der Waals surface area contributed by atoms with Gasteiger partial charge in [0, 0.05) is 6.61 Å². The Morgan fingerprint density at radius 2 is 1.80 bits per heavy atom. The van der Waals surface area contributed by atoms with E-state index in [1.54, 1.807) is 0 Å². The van der Waals surface area contributed by atoms with Gasteiger partial charge in [-0.05, 0) is 87.7 Å². The van der Waals surface area contributed by atoms with Crippen LogP contribution in [0.4, 0.5) is 0 Å². The van der Waals surface area contributed by atoms with E-state index in [2.05, 4.69) is 22.6 Å². The molecule has 0 saturated carbocycles. The molecule has 0 saturated heterocycles. The number of carbonyl (C=O) groups is 1. The van der Waals surface area contributed by atoms with Gasteiger partial charge in [-0.3, -0.25) is 4.79 Å². The molecule has 2 atom stereocenters. The van der Waals surface area contributed by atoms with Gasteiger partial charge in [0.1, 0.15) is 11.4 Å². The zero-order valence-electron chi connectivity index (χ0n) is 16.4. The van der Waals surface area contributed by atoms with Crippen LogP contribution in [0, 0.1) is 8.99 Å². The molecule has 0 bridgehead atoms. The predicted molar refractivity (Wildman–Crippen MR) is 109 cm³/mol. The molecule has 0 heterocycles. The van der Waals surface area contributed by atoms with Crippen LogP contribution in [-0.2, 0) is 19.9 Å². The molecule has 1 rings (SSSR count). The van der Waals surface area contributed by atoms with Crippen LogP contribution in [-0.4, -0.2) is 18.9 Å². The van der Waals surface area contributed by atoms with E-state index in [0.717, 1.165) is 21.3 Å². The molecule has 0 radical (unpaired) electrons. The van der Waals surface area contributed by atoms with Crippen molar-refractivity contribution in [1.29, 1.82) is 0 Å². The highest BCUT2D eigenvalue weighted by Crippen LogP contribution is 2.36. The van der Waals surface area contributed by atoms with E-state index in [1.807, 2.05) is 66.7 Å². The zero-order chi connectivity index (χ0) is 19.3. The number of halogens is 1. The van der Waals surface area contributed by atoms with Gasteiger partial charge in [-0.1, -0.05) is 19.9 Å². The summed E-state index contributed by atoms with van der Waals surface area (Å²) in [6.45, 7) is 14.2. The van der Waals surface area contributed by atoms with Gasteiger partial charge in [0.2, 0.25) is 0 Å². The Morgan fingerprint density at radius 3 is 2.28 bits per heavy atom. The molecule has 0 aliphatic carbocycles. The van der Waals surface area contributed by atoms with Gasteiger partial charge < -0.3 is 14.2 Å². The minimum Gasteiger partial charge on any atom is -0.464 e. The second kappa shape index (κ2) is 9.21. The van der Waals surface area contributed by atoms with Crippen LogP contribution < -0.4 is 4.74 Å². The molecular weight excluding hydrogens is 431 g/mol. The maximum atomic E-state index is 12.5. The quantitative estimate of drug-likeness (QED) is 0.270. The Labute approximate surface area is 165 Å². The Balaban J connectivity index is 3.03. The molecule has 1 aromatic carbocycles. The molecular formula is C20H31IO4. The maximum Gasteiger partial charge on any atom is 0.312 e. The van der Waals surface area contributed by atoms with Crippen molar-refractivity contribution in [1.82, 2.24) is 0 Å². The van der Waals surface area contributed by atoms with Crippen molar-refractivity contribution in [2.45, 2.75) is 73.2 Å². The minimum atomic E-state index is -0.659. The van der Waals surface area contributed by atoms with Gasteiger partial charge in [-0.15, -0.1) is 0 Å². The Morgan fingerprint density at radius 1 is 1.16 bits per heavy atom. The number of carbonyl (C=O) groups excluding carboxylic acids is 1. The van der Waals surface area contributed by atoms with Crippen molar-refractivity contribution in [2.24, 2.45) is 5.41 Å². The van der Waals surface area contributed by atoms with Crippen molar-refractivity contribution in [3.05, 3.63) is 27.3 Å². The molecule has 0 spiro atoms. The topological polar surface area (TPSA) is 44.8 Å². The van der Waals surface area contributed by atoms with Gasteiger partial charge in [0.25, 0.3) is 0 Å². The smallest absolute Gasteiger partial charge is 0.312 e. The highest BCUT2D eigenvalue weighted by atomic mass is 127. The number of ether oxygens (including phenoxy) is 3. The lowest BCUT2D eigenvalue weighted by Gasteiger charge is -2.33. The van der Waals surface area contributed by atoms with Crippen LogP contribution in [0.3, 0.4) is 0 Å². The fourth-order valence-electron chi connectivity index (χ4n) is 2.20. The summed E-state index contributed by atoms with van der Waals surface area (Å²) in [5.74, 6) is 0.601. The van der Waals surface area contributed by atoms with Crippen molar-refractivity contribution < 1.29 is 19.0 Å². The van der Waals surface area contributed by atoms with Crippen molar-refractivity contribution in [2.75, 3.05) is 6.61 Å². The first-order valence-electron chi connectivity index (χ1n) is 8.91. The lowest BCUT2D eigenvalue weighted by Crippen LogP contribution is -2.35. The summed E-state index contributed by atoms with van der Waals surface area (Å²) in [4.78, 5) is 12.5. The van der Waals surface area contributed by atoms with E-state index in [-0.39, 0.29) is 12.3 Å². The third-order valence-electron chi connectivity index (χ3n) is 4.67. The lowest BCUT2D eigenvalue weighted by atomic mass is 9.88. The molecule has 0 aromatic heterocycles. The molecule has 0 fully saturated rings. The maximum absolute atomic E-state index is 12.5. The van der Waals surface area contributed by atoms with Gasteiger partial charge in [0.05, 0.1) is 8.99 Å². The van der Waals surface area contributed by atoms with Gasteiger partial charge in [-0.2, -0.15) is 0 Å². The summed E-state index contributed by atoms with van der Waals surface area (Å²) in [5.41, 5.74) is -0.177. The summed E-state index contributed by atoms with van der Waals surface area (Å²) in [6, 6.07) is 5.90. The summed E-state index contributed by atoms with van der Waals surface area (Å²) in [7, 11) is 0. The molecule has 0 aliphatic heterocycles. The number of benzene rings is 1. The standard InChI is InChI=1S/C20H31IO4/c1-8-19(5,6)18(22)25-20(7,9-2)15-11-12-17(16(21)13-15)24-14(4)23-10-3/h11-14H,8-10H2,1-7H3. The lowest BCUT2D eigenvalue weighted by molar-refractivity contribution is -0.170. The number of rotatable bonds is 9. The Kier molecular flexibility index (Phi) is 8.19. The monoisotopic (exact) mass is 462 g/mol. The largest absolute Gasteiger partial charge is 0.464 e. The molecule has 5 heteroatoms. The first kappa shape index (κ1) is 22.2. The van der Waals surface area contributed by atoms with E-state index < -0.39 is 11.0 Å². The molecule has 2 unspecified atom stereocenters. The first-order chi connectivity index (χ1) is 11.6. The van der Waals surface area contributed by atoms with Crippen molar-refractivity contribution in [3.63, 3.8) is 0 Å². The van der Waals surface area contributed by atoms with Crippen LogP contribution in [0.5, 0.6) is 5.75 Å². The summed E-state index contributed by atoms with van der Waals surface area (Å²) in [6.07, 6.45) is 1.14. The normalized spacial score (nSPS) is 15.4. The van der Waals surface area contributed by atoms with Crippen molar-refractivity contribution in [3.8, 4) is 5.75 Å². The Hall–Kier alpha value is -0.820. The number of hydrogen-bond donors (Lipinski definition) is 0. The average Bonchev–Trinajstić information content (AvgIpc) is 2.56. The highest BCUT2D eigenvalue weighted by molar-refractivity contribution is 14.1. The van der Waals surface area contributed by atoms with E-state index in [0.29, 0.717) is 13.0 Å². The third-order valence-corrected chi connectivity index (χ3v) is 5.51. The summed E-state index contributed by atoms with van der Waals surface area (Å²) < 4.78 is 18.1. The first-order valence-corrected chi connectivity index (χ1v) is 9.99. The van der Waals surface area contributed by atoms with Crippen LogP contribution in [0.15, 0.2) is 18.2 Å². The molecule has 142 valence electrons. The van der Waals surface area contributed by atoms with Crippen LogP contribution in [0.25, 0.3) is 0 Å². The van der Waals surface area contributed by atoms with E-state index >= 15 is 0 Å². The fourth-order valence-corrected chi connectivity index (χ4v) is 2.84. The minimum absolute atomic E-state index is 0.167. The average molecular weight is 462 g/mol. The van der Waals surface area contributed by atoms with Crippen LogP contribution >= 0.6 is 22.6 Å². The number of hydrogen-bond acceptors (Lipinski definition) is 4. The second-order valence-corrected chi connectivity index (χ2v) is 8.16. The van der Waals surface area contributed by atoms with E-state index in [4.69, 9.17) is 14.2 Å². The van der Waals surface area contributed by atoms with E-state index in [9.17, 15) is 4.79 Å². The fraction of sp³-hybridized carbons (Fsp3) is 0.650. The SMILES string of the molecule is CCOC(C)Oc1ccc(C(C)(CC)OC(=O)C(C)(C)CC)cc1I. The molecule has 25 heavy (non-hydrogen) atoms. The molecule has 4 nitrogen and oxygen atoms in total. The van der Waals surface area contributed by atoms with Gasteiger partial charge in [0.15, 0.2) is 6.29 Å². The van der Waals surface area contributed by atoms with E-state index in [1.165, 1.54) is 0 Å². The van der Waals surface area contributed by atoms with Gasteiger partial charge >= 0.3 is 5.97 Å². The molecule has 1 aromatic rings. The van der Waals surface area contributed by atoms with Crippen LogP contribution in [0.1, 0.15) is 66.9 Å². The molecule has 0 N–H and O–H groups in total. The second-order valence-electron chi connectivity index (χ2n) is 7.00. The van der Waals surface area contributed by atoms with Crippen molar-refractivity contribution >= 4 is 28.6 Å². The predicted octanol–water partition coefficient (Wildman–Crippen LogP) is 5.66. The zero-order valence-corrected chi connectivity index (χ0v) is 18.6. The Bertz CT molecular complexity index is 585. The van der Waals surface area contributed by atoms with Gasteiger partial charge in [-0.25, -0.2) is 0 Å².